The molecule has 0 fully saturated rings. The summed E-state index contributed by atoms with van der Waals surface area (Å²) in [6, 6.07) is 4.26. The Hall–Kier alpha value is -1.66. The predicted molar refractivity (Wildman–Crippen MR) is 76.0 cm³/mol. The van der Waals surface area contributed by atoms with Crippen LogP contribution in [0, 0.1) is 13.8 Å². The Balaban J connectivity index is 2.18. The van der Waals surface area contributed by atoms with Crippen LogP contribution in [0.25, 0.3) is 0 Å². The molecule has 0 aliphatic carbocycles. The molecule has 0 bridgehead atoms. The van der Waals surface area contributed by atoms with Gasteiger partial charge in [-0.15, -0.1) is 22.7 Å². The van der Waals surface area contributed by atoms with Crippen molar-refractivity contribution in [2.75, 3.05) is 0 Å². The third kappa shape index (κ3) is 3.02. The van der Waals surface area contributed by atoms with Crippen LogP contribution in [0.4, 0.5) is 0 Å². The average molecular weight is 295 g/mol. The molecule has 0 saturated heterocycles. The van der Waals surface area contributed by atoms with Crippen LogP contribution in [0.1, 0.15) is 31.0 Å². The Morgan fingerprint density at radius 3 is 2.58 bits per heavy atom. The van der Waals surface area contributed by atoms with Gasteiger partial charge in [0.2, 0.25) is 0 Å². The van der Waals surface area contributed by atoms with Crippen molar-refractivity contribution >= 4 is 34.6 Å². The van der Waals surface area contributed by atoms with Crippen LogP contribution in [0.2, 0.25) is 0 Å². The molecule has 2 aromatic rings. The van der Waals surface area contributed by atoms with Crippen molar-refractivity contribution in [3.05, 3.63) is 43.8 Å². The van der Waals surface area contributed by atoms with Gasteiger partial charge in [-0.25, -0.2) is 4.79 Å². The van der Waals surface area contributed by atoms with Gasteiger partial charge in [0.05, 0.1) is 4.88 Å². The number of carbonyl (C=O) groups is 2. The van der Waals surface area contributed by atoms with Crippen molar-refractivity contribution in [1.29, 1.82) is 0 Å². The van der Waals surface area contributed by atoms with E-state index < -0.39 is 12.0 Å². The maximum absolute atomic E-state index is 12.1. The molecule has 1 atom stereocenters. The van der Waals surface area contributed by atoms with Crippen molar-refractivity contribution in [3.8, 4) is 0 Å². The summed E-state index contributed by atoms with van der Waals surface area (Å²) in [5.41, 5.74) is 1.04. The summed E-state index contributed by atoms with van der Waals surface area (Å²) in [4.78, 5) is 25.5. The lowest BCUT2D eigenvalue weighted by Crippen LogP contribution is -2.32. The fraction of sp³-hybridized carbons (Fsp3) is 0.231. The highest BCUT2D eigenvalue weighted by Crippen LogP contribution is 2.23. The Kier molecular flexibility index (Phi) is 4.01. The van der Waals surface area contributed by atoms with Gasteiger partial charge in [0, 0.05) is 9.75 Å². The molecule has 0 radical (unpaired) electrons. The predicted octanol–water partition coefficient (Wildman–Crippen LogP) is 2.98. The number of hydrogen-bond acceptors (Lipinski definition) is 4. The number of nitrogens with one attached hydrogen (secondary N) is 1. The number of thiophene rings is 2. The van der Waals surface area contributed by atoms with Crippen LogP contribution >= 0.6 is 22.7 Å². The lowest BCUT2D eigenvalue weighted by molar-refractivity contribution is -0.139. The van der Waals surface area contributed by atoms with E-state index in [1.54, 1.807) is 23.6 Å². The Morgan fingerprint density at radius 2 is 2.11 bits per heavy atom. The Morgan fingerprint density at radius 1 is 1.37 bits per heavy atom. The second-order valence-corrected chi connectivity index (χ2v) is 6.35. The van der Waals surface area contributed by atoms with Crippen LogP contribution in [0.5, 0.6) is 0 Å². The second kappa shape index (κ2) is 5.54. The minimum atomic E-state index is -1.05. The third-order valence-corrected chi connectivity index (χ3v) is 4.83. The zero-order valence-electron chi connectivity index (χ0n) is 10.5. The Bertz CT molecular complexity index is 582. The first-order valence-corrected chi connectivity index (χ1v) is 7.32. The summed E-state index contributed by atoms with van der Waals surface area (Å²) in [5.74, 6) is -1.40. The number of aryl methyl sites for hydroxylation is 2. The van der Waals surface area contributed by atoms with Gasteiger partial charge < -0.3 is 10.4 Å². The molecular formula is C13H13NO3S2. The molecule has 2 N–H and O–H groups in total. The summed E-state index contributed by atoms with van der Waals surface area (Å²) in [7, 11) is 0. The lowest BCUT2D eigenvalue weighted by Gasteiger charge is -2.11. The maximum atomic E-state index is 12.1. The van der Waals surface area contributed by atoms with Crippen LogP contribution in [-0.4, -0.2) is 17.0 Å². The van der Waals surface area contributed by atoms with E-state index in [4.69, 9.17) is 0 Å². The summed E-state index contributed by atoms with van der Waals surface area (Å²) in [5, 5.41) is 13.5. The number of carbonyl (C=O) groups excluding carboxylic acids is 1. The number of hydrogen-bond donors (Lipinski definition) is 2. The fourth-order valence-electron chi connectivity index (χ4n) is 1.60. The SMILES string of the molecule is Cc1cc(C(=O)NC(C(=O)O)c2cccs2)sc1C. The van der Waals surface area contributed by atoms with Gasteiger partial charge in [-0.3, -0.25) is 4.79 Å². The monoisotopic (exact) mass is 295 g/mol. The number of carboxylic acid groups (broad SMARTS) is 1. The summed E-state index contributed by atoms with van der Waals surface area (Å²) in [6.45, 7) is 3.86. The van der Waals surface area contributed by atoms with E-state index in [0.29, 0.717) is 9.75 Å². The van der Waals surface area contributed by atoms with Crippen molar-refractivity contribution < 1.29 is 14.7 Å². The van der Waals surface area contributed by atoms with Crippen molar-refractivity contribution in [1.82, 2.24) is 5.32 Å². The number of rotatable bonds is 4. The molecule has 0 spiro atoms. The van der Waals surface area contributed by atoms with E-state index in [9.17, 15) is 14.7 Å². The molecular weight excluding hydrogens is 282 g/mol. The molecule has 1 unspecified atom stereocenters. The average Bonchev–Trinajstić information content (AvgIpc) is 2.97. The van der Waals surface area contributed by atoms with Gasteiger partial charge in [-0.2, -0.15) is 0 Å². The van der Waals surface area contributed by atoms with E-state index in [2.05, 4.69) is 5.32 Å². The van der Waals surface area contributed by atoms with Gasteiger partial charge in [0.25, 0.3) is 5.91 Å². The fourth-order valence-corrected chi connectivity index (χ4v) is 3.30. The van der Waals surface area contributed by atoms with Crippen molar-refractivity contribution in [2.45, 2.75) is 19.9 Å². The second-order valence-electron chi connectivity index (χ2n) is 4.11. The highest BCUT2D eigenvalue weighted by molar-refractivity contribution is 7.14. The zero-order chi connectivity index (χ0) is 14.0. The van der Waals surface area contributed by atoms with Crippen LogP contribution in [-0.2, 0) is 4.79 Å². The topological polar surface area (TPSA) is 66.4 Å². The van der Waals surface area contributed by atoms with Crippen LogP contribution in [0.3, 0.4) is 0 Å². The summed E-state index contributed by atoms with van der Waals surface area (Å²) in [6.07, 6.45) is 0. The van der Waals surface area contributed by atoms with E-state index in [-0.39, 0.29) is 5.91 Å². The smallest absolute Gasteiger partial charge is 0.331 e. The van der Waals surface area contributed by atoms with Gasteiger partial charge in [0.15, 0.2) is 6.04 Å². The molecule has 0 aromatic carbocycles. The molecule has 2 heterocycles. The van der Waals surface area contributed by atoms with E-state index in [1.807, 2.05) is 13.8 Å². The number of amides is 1. The van der Waals surface area contributed by atoms with Gasteiger partial charge >= 0.3 is 5.97 Å². The molecule has 19 heavy (non-hydrogen) atoms. The van der Waals surface area contributed by atoms with Crippen molar-refractivity contribution in [2.24, 2.45) is 0 Å². The summed E-state index contributed by atoms with van der Waals surface area (Å²) >= 11 is 2.68. The van der Waals surface area contributed by atoms with Gasteiger partial charge in [0.1, 0.15) is 0 Å². The molecule has 0 aliphatic rings. The minimum absolute atomic E-state index is 0.345. The normalized spacial score (nSPS) is 12.1. The molecule has 2 aromatic heterocycles. The van der Waals surface area contributed by atoms with Crippen molar-refractivity contribution in [3.63, 3.8) is 0 Å². The lowest BCUT2D eigenvalue weighted by atomic mass is 10.2. The molecule has 100 valence electrons. The first kappa shape index (κ1) is 13.8. The number of carboxylic acids is 1. The largest absolute Gasteiger partial charge is 0.479 e. The zero-order valence-corrected chi connectivity index (χ0v) is 12.1. The van der Waals surface area contributed by atoms with E-state index in [0.717, 1.165) is 10.4 Å². The molecule has 0 aliphatic heterocycles. The molecule has 1 amide bonds. The van der Waals surface area contributed by atoms with Gasteiger partial charge in [-0.1, -0.05) is 6.07 Å². The third-order valence-electron chi connectivity index (χ3n) is 2.74. The van der Waals surface area contributed by atoms with Gasteiger partial charge in [-0.05, 0) is 36.9 Å². The first-order valence-electron chi connectivity index (χ1n) is 5.63. The molecule has 2 rings (SSSR count). The molecule has 0 saturated carbocycles. The van der Waals surface area contributed by atoms with E-state index in [1.165, 1.54) is 22.7 Å². The highest BCUT2D eigenvalue weighted by atomic mass is 32.1. The maximum Gasteiger partial charge on any atom is 0.331 e. The number of aliphatic carboxylic acids is 1. The quantitative estimate of drug-likeness (QED) is 0.911. The summed E-state index contributed by atoms with van der Waals surface area (Å²) < 4.78 is 0. The first-order chi connectivity index (χ1) is 8.99. The highest BCUT2D eigenvalue weighted by Gasteiger charge is 2.24. The standard InChI is InChI=1S/C13H13NO3S2/c1-7-6-10(19-8(7)2)12(15)14-11(13(16)17)9-4-3-5-18-9/h3-6,11H,1-2H3,(H,14,15)(H,16,17). The van der Waals surface area contributed by atoms with E-state index >= 15 is 0 Å². The molecule has 6 heteroatoms. The Labute approximate surface area is 118 Å². The minimum Gasteiger partial charge on any atom is -0.479 e. The van der Waals surface area contributed by atoms with Crippen LogP contribution in [0.15, 0.2) is 23.6 Å². The van der Waals surface area contributed by atoms with Crippen LogP contribution < -0.4 is 5.32 Å². The molecule has 4 nitrogen and oxygen atoms in total.